The molecular formula is C45H47NO11. The molecule has 2 saturated heterocycles. The van der Waals surface area contributed by atoms with E-state index in [1.165, 1.54) is 6.08 Å². The molecule has 1 N–H and O–H groups in total. The maximum absolute atomic E-state index is 13.4. The lowest BCUT2D eigenvalue weighted by molar-refractivity contribution is -0.370. The minimum atomic E-state index is -1.28. The average molecular weight is 778 g/mol. The summed E-state index contributed by atoms with van der Waals surface area (Å²) in [5.41, 5.74) is 6.01. The van der Waals surface area contributed by atoms with Gasteiger partial charge in [-0.3, -0.25) is 0 Å². The number of methoxy groups -OCH3 is 1. The van der Waals surface area contributed by atoms with Crippen LogP contribution in [0.3, 0.4) is 0 Å². The van der Waals surface area contributed by atoms with E-state index in [0.717, 1.165) is 33.4 Å². The maximum atomic E-state index is 13.4. The molecule has 12 nitrogen and oxygen atoms in total. The van der Waals surface area contributed by atoms with E-state index in [-0.39, 0.29) is 45.6 Å². The third-order valence-corrected chi connectivity index (χ3v) is 10.1. The van der Waals surface area contributed by atoms with Gasteiger partial charge in [-0.15, -0.1) is 6.58 Å². The lowest BCUT2D eigenvalue weighted by Gasteiger charge is -2.49. The maximum Gasteiger partial charge on any atom is 0.407 e. The molecule has 12 heteroatoms. The van der Waals surface area contributed by atoms with Crippen molar-refractivity contribution < 1.29 is 52.2 Å². The van der Waals surface area contributed by atoms with Crippen molar-refractivity contribution in [1.29, 1.82) is 0 Å². The second-order valence-corrected chi connectivity index (χ2v) is 13.7. The zero-order chi connectivity index (χ0) is 39.6. The van der Waals surface area contributed by atoms with Crippen LogP contribution < -0.4 is 10.1 Å². The molecule has 0 saturated carbocycles. The van der Waals surface area contributed by atoms with Gasteiger partial charge in [0.05, 0.1) is 33.5 Å². The first-order valence-corrected chi connectivity index (χ1v) is 18.9. The monoisotopic (exact) mass is 777 g/mol. The Bertz CT molecular complexity index is 1930. The molecule has 57 heavy (non-hydrogen) atoms. The van der Waals surface area contributed by atoms with Crippen molar-refractivity contribution in [2.45, 2.75) is 55.6 Å². The number of hydrogen-bond acceptors (Lipinski definition) is 11. The smallest absolute Gasteiger partial charge is 0.407 e. The molecule has 0 unspecified atom stereocenters. The highest BCUT2D eigenvalue weighted by Crippen LogP contribution is 2.44. The Morgan fingerprint density at radius 2 is 1.47 bits per heavy atom. The lowest BCUT2D eigenvalue weighted by atomic mass is 9.97. The molecule has 3 aliphatic rings. The Morgan fingerprint density at radius 1 is 0.789 bits per heavy atom. The largest absolute Gasteiger partial charge is 0.497 e. The summed E-state index contributed by atoms with van der Waals surface area (Å²) in [7, 11) is 1.60. The number of ether oxygens (including phenoxy) is 9. The van der Waals surface area contributed by atoms with Gasteiger partial charge in [0.25, 0.3) is 0 Å². The number of fused-ring (bicyclic) bond motifs is 4. The number of benzene rings is 4. The first kappa shape index (κ1) is 39.9. The first-order valence-electron chi connectivity index (χ1n) is 18.9. The molecule has 1 amide bonds. The van der Waals surface area contributed by atoms with Crippen LogP contribution >= 0.6 is 0 Å². The minimum absolute atomic E-state index is 0.0531. The van der Waals surface area contributed by atoms with Crippen LogP contribution in [0.25, 0.3) is 11.1 Å². The molecule has 0 aromatic heterocycles. The van der Waals surface area contributed by atoms with Crippen molar-refractivity contribution in [3.63, 3.8) is 0 Å². The van der Waals surface area contributed by atoms with Crippen LogP contribution in [0.15, 0.2) is 128 Å². The number of carbonyl (C=O) groups is 2. The molecule has 2 heterocycles. The predicted molar refractivity (Wildman–Crippen MR) is 209 cm³/mol. The number of amides is 1. The summed E-state index contributed by atoms with van der Waals surface area (Å²) in [6.45, 7) is 7.60. The summed E-state index contributed by atoms with van der Waals surface area (Å²) in [5, 5.41) is 2.65. The van der Waals surface area contributed by atoms with Gasteiger partial charge in [-0.2, -0.15) is 0 Å². The fourth-order valence-electron chi connectivity index (χ4n) is 7.30. The number of esters is 1. The third kappa shape index (κ3) is 9.45. The van der Waals surface area contributed by atoms with Gasteiger partial charge < -0.3 is 47.9 Å². The molecule has 2 aliphatic heterocycles. The normalized spacial score (nSPS) is 22.9. The Hall–Kier alpha value is -5.34. The number of rotatable bonds is 17. The van der Waals surface area contributed by atoms with Gasteiger partial charge in [0.2, 0.25) is 0 Å². The van der Waals surface area contributed by atoms with Crippen LogP contribution in [0.2, 0.25) is 0 Å². The van der Waals surface area contributed by atoms with E-state index in [9.17, 15) is 9.59 Å². The highest BCUT2D eigenvalue weighted by atomic mass is 16.8. The number of hydrogen-bond donors (Lipinski definition) is 1. The number of carbonyl (C=O) groups excluding carboxylic acids is 2. The summed E-state index contributed by atoms with van der Waals surface area (Å²) in [6.07, 6.45) is -2.36. The molecule has 1 aliphatic carbocycles. The Morgan fingerprint density at radius 3 is 2.16 bits per heavy atom. The topological polar surface area (TPSA) is 129 Å². The number of alkyl carbamates (subject to hydrolysis) is 1. The zero-order valence-electron chi connectivity index (χ0n) is 31.7. The van der Waals surface area contributed by atoms with Crippen molar-refractivity contribution in [3.05, 3.63) is 151 Å². The van der Waals surface area contributed by atoms with Crippen LogP contribution in [0.1, 0.15) is 34.5 Å². The standard InChI is InChI=1S/C45H47NO11/c1-4-23-50-40-39-38(28-54-43(57-39)30-13-7-6-8-14-30)56-44(41(40)52-25-29-19-21-31(49-3)22-20-29)53-27-37(42(47)51-24-5-2)46-45(48)55-26-36-34-17-11-9-15-32(34)33-16-10-12-18-35(33)36/h4-22,36-41,43-44H,1-2,23-28H2,3H3,(H,46,48)/t37-,38+,39-,40-,41+,43+,44-/m0/s1. The highest BCUT2D eigenvalue weighted by Gasteiger charge is 2.52. The van der Waals surface area contributed by atoms with Crippen molar-refractivity contribution in [1.82, 2.24) is 5.32 Å². The average Bonchev–Trinajstić information content (AvgIpc) is 3.58. The molecule has 7 rings (SSSR count). The fourth-order valence-corrected chi connectivity index (χ4v) is 7.30. The van der Waals surface area contributed by atoms with E-state index in [0.29, 0.717) is 5.75 Å². The molecule has 0 bridgehead atoms. The predicted octanol–water partition coefficient (Wildman–Crippen LogP) is 6.64. The summed E-state index contributed by atoms with van der Waals surface area (Å²) in [5.74, 6) is -0.217. The SMILES string of the molecule is C=CCOC(=O)[C@H](CO[C@H]1O[C@@H]2CO[C@@H](c3ccccc3)O[C@@H]2[C@H](OCC=C)[C@H]1OCc1ccc(OC)cc1)NC(=O)OCC1c2ccccc2-c2ccccc21. The van der Waals surface area contributed by atoms with E-state index in [4.69, 9.17) is 42.6 Å². The van der Waals surface area contributed by atoms with Gasteiger partial charge in [-0.25, -0.2) is 9.59 Å². The minimum Gasteiger partial charge on any atom is -0.497 e. The van der Waals surface area contributed by atoms with E-state index >= 15 is 0 Å². The molecule has 7 atom stereocenters. The van der Waals surface area contributed by atoms with E-state index in [1.807, 2.05) is 91.0 Å². The van der Waals surface area contributed by atoms with Gasteiger partial charge in [0, 0.05) is 11.5 Å². The first-order chi connectivity index (χ1) is 28.0. The molecule has 4 aromatic carbocycles. The van der Waals surface area contributed by atoms with E-state index in [2.05, 4.69) is 30.6 Å². The molecular weight excluding hydrogens is 730 g/mol. The highest BCUT2D eigenvalue weighted by molar-refractivity contribution is 5.82. The Balaban J connectivity index is 1.08. The van der Waals surface area contributed by atoms with Gasteiger partial charge in [-0.1, -0.05) is 110 Å². The van der Waals surface area contributed by atoms with Gasteiger partial charge in [0.1, 0.15) is 43.4 Å². The second kappa shape index (κ2) is 19.2. The van der Waals surface area contributed by atoms with Gasteiger partial charge in [-0.05, 0) is 39.9 Å². The number of nitrogens with one attached hydrogen (secondary N) is 1. The zero-order valence-corrected chi connectivity index (χ0v) is 31.7. The molecule has 2 fully saturated rings. The van der Waals surface area contributed by atoms with Crippen LogP contribution in [-0.4, -0.2) is 89.0 Å². The van der Waals surface area contributed by atoms with Crippen molar-refractivity contribution in [2.24, 2.45) is 0 Å². The van der Waals surface area contributed by atoms with E-state index < -0.39 is 55.1 Å². The summed E-state index contributed by atoms with van der Waals surface area (Å²) < 4.78 is 54.8. The van der Waals surface area contributed by atoms with Crippen molar-refractivity contribution in [2.75, 3.05) is 40.1 Å². The fraction of sp³-hybridized carbons (Fsp3) is 0.333. The van der Waals surface area contributed by atoms with Crippen molar-refractivity contribution >= 4 is 12.1 Å². The lowest BCUT2D eigenvalue weighted by Crippen LogP contribution is -2.64. The summed E-state index contributed by atoms with van der Waals surface area (Å²) in [6, 6.07) is 31.8. The van der Waals surface area contributed by atoms with Gasteiger partial charge >= 0.3 is 12.1 Å². The van der Waals surface area contributed by atoms with Crippen LogP contribution in [0.5, 0.6) is 5.75 Å². The van der Waals surface area contributed by atoms with E-state index in [1.54, 1.807) is 13.2 Å². The summed E-state index contributed by atoms with van der Waals surface area (Å²) in [4.78, 5) is 26.8. The Kier molecular flexibility index (Phi) is 13.4. The van der Waals surface area contributed by atoms with Crippen LogP contribution in [0, 0.1) is 0 Å². The molecule has 0 radical (unpaired) electrons. The summed E-state index contributed by atoms with van der Waals surface area (Å²) >= 11 is 0. The van der Waals surface area contributed by atoms with Gasteiger partial charge in [0.15, 0.2) is 18.6 Å². The quantitative estimate of drug-likeness (QED) is 0.0915. The third-order valence-electron chi connectivity index (χ3n) is 10.1. The molecule has 0 spiro atoms. The molecule has 4 aromatic rings. The molecule has 298 valence electrons. The van der Waals surface area contributed by atoms with Crippen LogP contribution in [-0.2, 0) is 49.3 Å². The van der Waals surface area contributed by atoms with Crippen LogP contribution in [0.4, 0.5) is 4.79 Å². The second-order valence-electron chi connectivity index (χ2n) is 13.7. The Labute approximate surface area is 332 Å². The van der Waals surface area contributed by atoms with Crippen molar-refractivity contribution in [3.8, 4) is 16.9 Å².